The molecule has 0 saturated carbocycles. The Hall–Kier alpha value is -2.33. The summed E-state index contributed by atoms with van der Waals surface area (Å²) in [4.78, 5) is 2.43. The monoisotopic (exact) mass is 294 g/mol. The van der Waals surface area contributed by atoms with E-state index in [1.165, 1.54) is 12.0 Å². The molecule has 4 rings (SSSR count). The second-order valence-corrected chi connectivity index (χ2v) is 5.79. The van der Waals surface area contributed by atoms with E-state index in [4.69, 9.17) is 8.94 Å². The Bertz CT molecular complexity index is 719. The predicted molar refractivity (Wildman–Crippen MR) is 83.3 cm³/mol. The minimum Gasteiger partial charge on any atom is -0.461 e. The zero-order chi connectivity index (χ0) is 14.8. The number of rotatable bonds is 4. The van der Waals surface area contributed by atoms with Crippen LogP contribution in [0.5, 0.6) is 0 Å². The van der Waals surface area contributed by atoms with Crippen LogP contribution < -0.4 is 0 Å². The summed E-state index contributed by atoms with van der Waals surface area (Å²) in [6, 6.07) is 16.4. The highest BCUT2D eigenvalue weighted by atomic mass is 16.5. The molecule has 3 aromatic rings. The molecule has 112 valence electrons. The van der Waals surface area contributed by atoms with Gasteiger partial charge in [-0.15, -0.1) is 0 Å². The van der Waals surface area contributed by atoms with Crippen LogP contribution >= 0.6 is 0 Å². The molecule has 4 nitrogen and oxygen atoms in total. The molecule has 0 N–H and O–H groups in total. The van der Waals surface area contributed by atoms with Gasteiger partial charge in [0.25, 0.3) is 0 Å². The zero-order valence-corrected chi connectivity index (χ0v) is 12.3. The first-order chi connectivity index (χ1) is 10.9. The van der Waals surface area contributed by atoms with Crippen LogP contribution in [0.1, 0.15) is 23.6 Å². The SMILES string of the molecule is c1ccc([C@H]2CCN(Cc3cc(-c4ccco4)on3)C2)cc1. The Kier molecular flexibility index (Phi) is 3.52. The molecule has 0 spiro atoms. The van der Waals surface area contributed by atoms with Gasteiger partial charge >= 0.3 is 0 Å². The highest BCUT2D eigenvalue weighted by molar-refractivity contribution is 5.49. The number of furan rings is 1. The third-order valence-corrected chi connectivity index (χ3v) is 4.25. The fourth-order valence-corrected chi connectivity index (χ4v) is 3.12. The minimum absolute atomic E-state index is 0.623. The molecule has 1 atom stereocenters. The second-order valence-electron chi connectivity index (χ2n) is 5.79. The first-order valence-electron chi connectivity index (χ1n) is 7.65. The van der Waals surface area contributed by atoms with Gasteiger partial charge in [0.05, 0.1) is 12.0 Å². The van der Waals surface area contributed by atoms with Gasteiger partial charge in [-0.05, 0) is 36.6 Å². The van der Waals surface area contributed by atoms with E-state index < -0.39 is 0 Å². The van der Waals surface area contributed by atoms with E-state index in [1.807, 2.05) is 18.2 Å². The van der Waals surface area contributed by atoms with Crippen molar-refractivity contribution in [1.82, 2.24) is 10.1 Å². The summed E-state index contributed by atoms with van der Waals surface area (Å²) in [6.45, 7) is 3.00. The average Bonchev–Trinajstić information content (AvgIpc) is 3.30. The van der Waals surface area contributed by atoms with E-state index in [0.717, 1.165) is 31.1 Å². The summed E-state index contributed by atoms with van der Waals surface area (Å²) in [7, 11) is 0. The maximum Gasteiger partial charge on any atom is 0.202 e. The Labute approximate surface area is 129 Å². The zero-order valence-electron chi connectivity index (χ0n) is 12.3. The van der Waals surface area contributed by atoms with Gasteiger partial charge < -0.3 is 8.94 Å². The summed E-state index contributed by atoms with van der Waals surface area (Å²) < 4.78 is 10.7. The summed E-state index contributed by atoms with van der Waals surface area (Å²) in [6.07, 6.45) is 2.84. The van der Waals surface area contributed by atoms with Crippen molar-refractivity contribution < 1.29 is 8.94 Å². The van der Waals surface area contributed by atoms with E-state index in [-0.39, 0.29) is 0 Å². The molecule has 0 aliphatic carbocycles. The molecule has 0 unspecified atom stereocenters. The second kappa shape index (κ2) is 5.81. The third-order valence-electron chi connectivity index (χ3n) is 4.25. The Morgan fingerprint density at radius 3 is 2.82 bits per heavy atom. The number of aromatic nitrogens is 1. The third kappa shape index (κ3) is 2.70. The molecular formula is C18H18N2O2. The van der Waals surface area contributed by atoms with Crippen LogP contribution in [0.25, 0.3) is 11.5 Å². The molecular weight excluding hydrogens is 276 g/mol. The number of nitrogens with zero attached hydrogens (tertiary/aromatic N) is 2. The van der Waals surface area contributed by atoms with Gasteiger partial charge in [-0.2, -0.15) is 0 Å². The Balaban J connectivity index is 1.41. The van der Waals surface area contributed by atoms with E-state index in [1.54, 1.807) is 6.26 Å². The smallest absolute Gasteiger partial charge is 0.202 e. The van der Waals surface area contributed by atoms with E-state index in [0.29, 0.717) is 11.7 Å². The van der Waals surface area contributed by atoms with Crippen molar-refractivity contribution in [2.45, 2.75) is 18.9 Å². The highest BCUT2D eigenvalue weighted by Gasteiger charge is 2.24. The predicted octanol–water partition coefficient (Wildman–Crippen LogP) is 3.92. The van der Waals surface area contributed by atoms with Crippen LogP contribution in [0.15, 0.2) is 63.7 Å². The van der Waals surface area contributed by atoms with Crippen molar-refractivity contribution in [2.75, 3.05) is 13.1 Å². The molecule has 1 fully saturated rings. The molecule has 1 aliphatic rings. The molecule has 0 bridgehead atoms. The maximum atomic E-state index is 5.36. The summed E-state index contributed by atoms with van der Waals surface area (Å²) in [5.41, 5.74) is 2.39. The lowest BCUT2D eigenvalue weighted by molar-refractivity contribution is 0.310. The Morgan fingerprint density at radius 1 is 1.09 bits per heavy atom. The van der Waals surface area contributed by atoms with Crippen molar-refractivity contribution in [3.63, 3.8) is 0 Å². The van der Waals surface area contributed by atoms with Crippen LogP contribution in [-0.4, -0.2) is 23.1 Å². The van der Waals surface area contributed by atoms with Crippen LogP contribution in [0.2, 0.25) is 0 Å². The minimum atomic E-state index is 0.623. The maximum absolute atomic E-state index is 5.36. The van der Waals surface area contributed by atoms with Gasteiger partial charge in [0.15, 0.2) is 5.76 Å². The van der Waals surface area contributed by atoms with Crippen molar-refractivity contribution in [3.8, 4) is 11.5 Å². The normalized spacial score (nSPS) is 18.8. The molecule has 4 heteroatoms. The fraction of sp³-hybridized carbons (Fsp3) is 0.278. The van der Waals surface area contributed by atoms with Gasteiger partial charge in [-0.3, -0.25) is 4.90 Å². The molecule has 22 heavy (non-hydrogen) atoms. The summed E-state index contributed by atoms with van der Waals surface area (Å²) in [5.74, 6) is 2.04. The van der Waals surface area contributed by atoms with Crippen molar-refractivity contribution in [3.05, 3.63) is 66.1 Å². The van der Waals surface area contributed by atoms with Gasteiger partial charge in [0.2, 0.25) is 5.76 Å². The molecule has 1 saturated heterocycles. The number of benzene rings is 1. The van der Waals surface area contributed by atoms with E-state index >= 15 is 0 Å². The number of likely N-dealkylation sites (tertiary alicyclic amines) is 1. The molecule has 1 aliphatic heterocycles. The summed E-state index contributed by atoms with van der Waals surface area (Å²) in [5, 5.41) is 4.16. The van der Waals surface area contributed by atoms with Gasteiger partial charge in [0, 0.05) is 19.2 Å². The molecule has 1 aromatic carbocycles. The quantitative estimate of drug-likeness (QED) is 0.731. The molecule has 0 amide bonds. The lowest BCUT2D eigenvalue weighted by Crippen LogP contribution is -2.19. The van der Waals surface area contributed by atoms with Crippen LogP contribution in [0.3, 0.4) is 0 Å². The lowest BCUT2D eigenvalue weighted by atomic mass is 9.99. The van der Waals surface area contributed by atoms with Crippen LogP contribution in [-0.2, 0) is 6.54 Å². The highest BCUT2D eigenvalue weighted by Crippen LogP contribution is 2.28. The van der Waals surface area contributed by atoms with Gasteiger partial charge in [0.1, 0.15) is 0 Å². The van der Waals surface area contributed by atoms with Crippen LogP contribution in [0.4, 0.5) is 0 Å². The largest absolute Gasteiger partial charge is 0.461 e. The Morgan fingerprint density at radius 2 is 2.00 bits per heavy atom. The summed E-state index contributed by atoms with van der Waals surface area (Å²) >= 11 is 0. The first kappa shape index (κ1) is 13.3. The number of hydrogen-bond donors (Lipinski definition) is 0. The first-order valence-corrected chi connectivity index (χ1v) is 7.65. The molecule has 0 radical (unpaired) electrons. The molecule has 2 aromatic heterocycles. The van der Waals surface area contributed by atoms with Crippen LogP contribution in [0, 0.1) is 0 Å². The fourth-order valence-electron chi connectivity index (χ4n) is 3.12. The van der Waals surface area contributed by atoms with E-state index in [2.05, 4.69) is 40.4 Å². The number of hydrogen-bond acceptors (Lipinski definition) is 4. The van der Waals surface area contributed by atoms with Gasteiger partial charge in [-0.1, -0.05) is 35.5 Å². The van der Waals surface area contributed by atoms with Crippen molar-refractivity contribution in [1.29, 1.82) is 0 Å². The van der Waals surface area contributed by atoms with Crippen molar-refractivity contribution >= 4 is 0 Å². The van der Waals surface area contributed by atoms with Crippen molar-refractivity contribution in [2.24, 2.45) is 0 Å². The molecule has 3 heterocycles. The lowest BCUT2D eigenvalue weighted by Gasteiger charge is -2.14. The standard InChI is InChI=1S/C18H18N2O2/c1-2-5-14(6-3-1)15-8-9-20(12-15)13-16-11-18(22-19-16)17-7-4-10-21-17/h1-7,10-11,15H,8-9,12-13H2/t15-/m0/s1. The van der Waals surface area contributed by atoms with Gasteiger partial charge in [-0.25, -0.2) is 0 Å². The topological polar surface area (TPSA) is 42.4 Å². The van der Waals surface area contributed by atoms with E-state index in [9.17, 15) is 0 Å². The average molecular weight is 294 g/mol.